The SMILES string of the molecule is O=C(NNS(=O)(=O)c1ccc(Cl)c(C(F)(F)F)c1)c1c[nH]c2ccccc12. The van der Waals surface area contributed by atoms with E-state index in [9.17, 15) is 26.4 Å². The summed E-state index contributed by atoms with van der Waals surface area (Å²) in [6.45, 7) is 0. The molecule has 2 aromatic carbocycles. The molecule has 11 heteroatoms. The molecule has 3 N–H and O–H groups in total. The largest absolute Gasteiger partial charge is 0.417 e. The van der Waals surface area contributed by atoms with Gasteiger partial charge in [-0.15, -0.1) is 4.83 Å². The number of carbonyl (C=O) groups excluding carboxylic acids is 1. The number of aromatic amines is 1. The summed E-state index contributed by atoms with van der Waals surface area (Å²) in [4.78, 5) is 16.1. The van der Waals surface area contributed by atoms with E-state index in [1.165, 1.54) is 6.20 Å². The van der Waals surface area contributed by atoms with Crippen molar-refractivity contribution < 1.29 is 26.4 Å². The van der Waals surface area contributed by atoms with Gasteiger partial charge in [-0.2, -0.15) is 13.2 Å². The van der Waals surface area contributed by atoms with Crippen LogP contribution in [-0.4, -0.2) is 19.3 Å². The summed E-state index contributed by atoms with van der Waals surface area (Å²) in [5, 5.41) is -0.0793. The van der Waals surface area contributed by atoms with E-state index in [0.717, 1.165) is 12.1 Å². The molecule has 0 saturated carbocycles. The summed E-state index contributed by atoms with van der Waals surface area (Å²) in [6, 6.07) is 8.94. The van der Waals surface area contributed by atoms with Crippen LogP contribution in [0.5, 0.6) is 0 Å². The number of carbonyl (C=O) groups is 1. The fourth-order valence-electron chi connectivity index (χ4n) is 2.39. The molecule has 0 bridgehead atoms. The van der Waals surface area contributed by atoms with Crippen LogP contribution in [0.15, 0.2) is 53.6 Å². The summed E-state index contributed by atoms with van der Waals surface area (Å²) in [7, 11) is -4.45. The molecule has 0 radical (unpaired) electrons. The number of para-hydroxylation sites is 1. The third-order valence-corrected chi connectivity index (χ3v) is 5.26. The van der Waals surface area contributed by atoms with Crippen LogP contribution >= 0.6 is 11.6 Å². The monoisotopic (exact) mass is 417 g/mol. The Morgan fingerprint density at radius 3 is 2.52 bits per heavy atom. The van der Waals surface area contributed by atoms with Crippen molar-refractivity contribution in [1.82, 2.24) is 15.2 Å². The Hall–Kier alpha value is -2.56. The van der Waals surface area contributed by atoms with Crippen LogP contribution in [0.4, 0.5) is 13.2 Å². The highest BCUT2D eigenvalue weighted by Crippen LogP contribution is 2.35. The number of halogens is 4. The van der Waals surface area contributed by atoms with Gasteiger partial charge < -0.3 is 4.98 Å². The first kappa shape index (κ1) is 19.2. The Kier molecular flexibility index (Phi) is 4.89. The highest BCUT2D eigenvalue weighted by Gasteiger charge is 2.34. The molecule has 0 atom stereocenters. The van der Waals surface area contributed by atoms with E-state index in [0.29, 0.717) is 17.0 Å². The minimum Gasteiger partial charge on any atom is -0.360 e. The maximum atomic E-state index is 12.9. The van der Waals surface area contributed by atoms with Crippen LogP contribution in [0.3, 0.4) is 0 Å². The van der Waals surface area contributed by atoms with Gasteiger partial charge in [0.25, 0.3) is 15.9 Å². The second-order valence-corrected chi connectivity index (χ2v) is 7.54. The predicted molar refractivity (Wildman–Crippen MR) is 92.5 cm³/mol. The maximum Gasteiger partial charge on any atom is 0.417 e. The van der Waals surface area contributed by atoms with Gasteiger partial charge in [0.1, 0.15) is 0 Å². The number of hydrogen-bond donors (Lipinski definition) is 3. The number of hydrogen-bond acceptors (Lipinski definition) is 3. The molecule has 1 heterocycles. The first-order chi connectivity index (χ1) is 12.6. The highest BCUT2D eigenvalue weighted by molar-refractivity contribution is 7.89. The van der Waals surface area contributed by atoms with Crippen LogP contribution in [0, 0.1) is 0 Å². The van der Waals surface area contributed by atoms with Gasteiger partial charge in [-0.1, -0.05) is 29.8 Å². The van der Waals surface area contributed by atoms with E-state index in [4.69, 9.17) is 11.6 Å². The normalized spacial score (nSPS) is 12.3. The summed E-state index contributed by atoms with van der Waals surface area (Å²) < 4.78 is 63.1. The Morgan fingerprint density at radius 1 is 1.11 bits per heavy atom. The van der Waals surface area contributed by atoms with Gasteiger partial charge >= 0.3 is 6.18 Å². The average Bonchev–Trinajstić information content (AvgIpc) is 3.03. The first-order valence-corrected chi connectivity index (χ1v) is 9.21. The Bertz CT molecular complexity index is 1130. The lowest BCUT2D eigenvalue weighted by molar-refractivity contribution is -0.137. The third-order valence-electron chi connectivity index (χ3n) is 3.69. The number of alkyl halides is 3. The molecule has 1 amide bonds. The summed E-state index contributed by atoms with van der Waals surface area (Å²) in [6.07, 6.45) is -3.44. The fraction of sp³-hybridized carbons (Fsp3) is 0.0625. The van der Waals surface area contributed by atoms with Crippen molar-refractivity contribution in [3.8, 4) is 0 Å². The van der Waals surface area contributed by atoms with Crippen molar-refractivity contribution in [2.24, 2.45) is 0 Å². The lowest BCUT2D eigenvalue weighted by atomic mass is 10.2. The number of H-pyrrole nitrogens is 1. The number of aromatic nitrogens is 1. The number of sulfonamides is 1. The average molecular weight is 418 g/mol. The molecule has 27 heavy (non-hydrogen) atoms. The van der Waals surface area contributed by atoms with Gasteiger partial charge in [0.05, 0.1) is 21.0 Å². The van der Waals surface area contributed by atoms with Crippen molar-refractivity contribution >= 4 is 38.4 Å². The molecular formula is C16H11ClF3N3O3S. The minimum absolute atomic E-state index is 0.167. The molecule has 142 valence electrons. The van der Waals surface area contributed by atoms with Crippen LogP contribution in [0.1, 0.15) is 15.9 Å². The van der Waals surface area contributed by atoms with Crippen molar-refractivity contribution in [1.29, 1.82) is 0 Å². The van der Waals surface area contributed by atoms with E-state index >= 15 is 0 Å². The fourth-order valence-corrected chi connectivity index (χ4v) is 3.48. The maximum absolute atomic E-state index is 12.9. The quantitative estimate of drug-likeness (QED) is 0.568. The molecule has 0 aliphatic rings. The van der Waals surface area contributed by atoms with Crippen molar-refractivity contribution in [2.45, 2.75) is 11.1 Å². The third kappa shape index (κ3) is 3.92. The molecule has 6 nitrogen and oxygen atoms in total. The molecule has 0 saturated heterocycles. The minimum atomic E-state index is -4.82. The molecule has 3 aromatic rings. The molecule has 0 aliphatic carbocycles. The predicted octanol–water partition coefficient (Wildman–Crippen LogP) is 3.46. The van der Waals surface area contributed by atoms with E-state index in [1.54, 1.807) is 29.1 Å². The topological polar surface area (TPSA) is 91.1 Å². The second kappa shape index (κ2) is 6.87. The molecule has 0 unspecified atom stereocenters. The molecule has 1 aromatic heterocycles. The molecule has 0 fully saturated rings. The van der Waals surface area contributed by atoms with E-state index in [2.05, 4.69) is 4.98 Å². The number of rotatable bonds is 4. The Labute approximate surface area is 156 Å². The van der Waals surface area contributed by atoms with Gasteiger partial charge in [0.15, 0.2) is 0 Å². The van der Waals surface area contributed by atoms with E-state index in [-0.39, 0.29) is 5.56 Å². The summed E-state index contributed by atoms with van der Waals surface area (Å²) in [5.41, 5.74) is 1.51. The molecule has 3 rings (SSSR count). The highest BCUT2D eigenvalue weighted by atomic mass is 35.5. The lowest BCUT2D eigenvalue weighted by Gasteiger charge is -2.12. The molecular weight excluding hydrogens is 407 g/mol. The Morgan fingerprint density at radius 2 is 1.81 bits per heavy atom. The zero-order chi connectivity index (χ0) is 19.8. The zero-order valence-electron chi connectivity index (χ0n) is 13.3. The van der Waals surface area contributed by atoms with Gasteiger partial charge in [-0.05, 0) is 24.3 Å². The summed E-state index contributed by atoms with van der Waals surface area (Å²) in [5.74, 6) is -0.777. The van der Waals surface area contributed by atoms with Crippen LogP contribution in [0.2, 0.25) is 5.02 Å². The first-order valence-electron chi connectivity index (χ1n) is 7.34. The van der Waals surface area contributed by atoms with Crippen molar-refractivity contribution in [3.05, 3.63) is 64.8 Å². The molecule has 0 aliphatic heterocycles. The van der Waals surface area contributed by atoms with Gasteiger partial charge in [-0.25, -0.2) is 8.42 Å². The lowest BCUT2D eigenvalue weighted by Crippen LogP contribution is -2.41. The van der Waals surface area contributed by atoms with Crippen molar-refractivity contribution in [3.63, 3.8) is 0 Å². The van der Waals surface area contributed by atoms with Crippen molar-refractivity contribution in [2.75, 3.05) is 0 Å². The summed E-state index contributed by atoms with van der Waals surface area (Å²) >= 11 is 5.47. The van der Waals surface area contributed by atoms with Crippen LogP contribution in [-0.2, 0) is 16.2 Å². The second-order valence-electron chi connectivity index (χ2n) is 5.45. The molecule has 0 spiro atoms. The van der Waals surface area contributed by atoms with Gasteiger partial charge in [0, 0.05) is 17.1 Å². The number of fused-ring (bicyclic) bond motifs is 1. The van der Waals surface area contributed by atoms with Gasteiger partial charge in [0.2, 0.25) is 0 Å². The van der Waals surface area contributed by atoms with E-state index in [1.807, 2.05) is 5.43 Å². The number of hydrazine groups is 1. The smallest absolute Gasteiger partial charge is 0.360 e. The van der Waals surface area contributed by atoms with Crippen LogP contribution < -0.4 is 10.3 Å². The number of nitrogens with one attached hydrogen (secondary N) is 3. The van der Waals surface area contributed by atoms with Crippen LogP contribution in [0.25, 0.3) is 10.9 Å². The van der Waals surface area contributed by atoms with E-state index < -0.39 is 37.6 Å². The number of amides is 1. The van der Waals surface area contributed by atoms with Gasteiger partial charge in [-0.3, -0.25) is 10.2 Å². The number of benzene rings is 2. The standard InChI is InChI=1S/C16H11ClF3N3O3S/c17-13-6-5-9(7-12(13)16(18,19)20)27(25,26)23-22-15(24)11-8-21-14-4-2-1-3-10(11)14/h1-8,21,23H,(H,22,24). The Balaban J connectivity index is 1.82. The zero-order valence-corrected chi connectivity index (χ0v) is 14.8.